The second kappa shape index (κ2) is 5.49. The lowest BCUT2D eigenvalue weighted by Crippen LogP contribution is -1.99. The molecule has 2 aromatic rings. The molecule has 0 atom stereocenters. The molecular formula is C14H17N3O. The molecule has 18 heavy (non-hydrogen) atoms. The molecule has 0 fully saturated rings. The van der Waals surface area contributed by atoms with Crippen molar-refractivity contribution in [1.29, 1.82) is 0 Å². The van der Waals surface area contributed by atoms with Gasteiger partial charge in [0.05, 0.1) is 13.7 Å². The van der Waals surface area contributed by atoms with Crippen LogP contribution in [0.5, 0.6) is 5.75 Å². The first kappa shape index (κ1) is 12.4. The third-order valence-corrected chi connectivity index (χ3v) is 2.77. The minimum absolute atomic E-state index is 0.711. The average molecular weight is 243 g/mol. The van der Waals surface area contributed by atoms with E-state index in [1.807, 2.05) is 49.0 Å². The molecular weight excluding hydrogens is 226 g/mol. The molecule has 0 amide bonds. The van der Waals surface area contributed by atoms with Gasteiger partial charge in [0, 0.05) is 18.6 Å². The minimum Gasteiger partial charge on any atom is -0.494 e. The van der Waals surface area contributed by atoms with Gasteiger partial charge in [-0.15, -0.1) is 0 Å². The van der Waals surface area contributed by atoms with E-state index >= 15 is 0 Å². The number of hydrogen-bond acceptors (Lipinski definition) is 3. The third kappa shape index (κ3) is 2.77. The fourth-order valence-electron chi connectivity index (χ4n) is 1.72. The number of ether oxygens (including phenoxy) is 1. The van der Waals surface area contributed by atoms with Crippen LogP contribution in [0, 0.1) is 13.8 Å². The highest BCUT2D eigenvalue weighted by molar-refractivity contribution is 5.66. The number of nitrogens with zero attached hydrogens (tertiary/aromatic N) is 3. The number of benzene rings is 1. The summed E-state index contributed by atoms with van der Waals surface area (Å²) in [6.45, 7) is 4.72. The predicted octanol–water partition coefficient (Wildman–Crippen LogP) is 2.91. The Morgan fingerprint density at radius 2 is 2.22 bits per heavy atom. The second-order valence-electron chi connectivity index (χ2n) is 4.11. The maximum atomic E-state index is 5.30. The summed E-state index contributed by atoms with van der Waals surface area (Å²) in [5.74, 6) is 1.78. The van der Waals surface area contributed by atoms with Crippen molar-refractivity contribution < 1.29 is 4.74 Å². The highest BCUT2D eigenvalue weighted by atomic mass is 16.5. The van der Waals surface area contributed by atoms with Crippen LogP contribution in [0.2, 0.25) is 0 Å². The summed E-state index contributed by atoms with van der Waals surface area (Å²) in [6.07, 6.45) is 5.59. The number of methoxy groups -OCH3 is 1. The van der Waals surface area contributed by atoms with Crippen LogP contribution in [0.1, 0.15) is 11.4 Å². The first-order valence-corrected chi connectivity index (χ1v) is 5.85. The molecule has 4 nitrogen and oxygen atoms in total. The van der Waals surface area contributed by atoms with Gasteiger partial charge >= 0.3 is 0 Å². The normalized spacial score (nSPS) is 11.1. The topological polar surface area (TPSA) is 39.4 Å². The maximum Gasteiger partial charge on any atom is 0.144 e. The first-order valence-electron chi connectivity index (χ1n) is 5.85. The lowest BCUT2D eigenvalue weighted by Gasteiger charge is -2.05. The minimum atomic E-state index is 0.711. The quantitative estimate of drug-likeness (QED) is 0.774. The molecule has 0 spiro atoms. The Kier molecular flexibility index (Phi) is 3.77. The zero-order valence-corrected chi connectivity index (χ0v) is 10.9. The highest BCUT2D eigenvalue weighted by Crippen LogP contribution is 2.27. The number of aliphatic imine (C=N–C) groups is 1. The van der Waals surface area contributed by atoms with E-state index in [-0.39, 0.29) is 0 Å². The van der Waals surface area contributed by atoms with Gasteiger partial charge in [-0.25, -0.2) is 4.98 Å². The van der Waals surface area contributed by atoms with Crippen molar-refractivity contribution in [2.24, 2.45) is 4.99 Å². The van der Waals surface area contributed by atoms with E-state index in [2.05, 4.69) is 9.98 Å². The van der Waals surface area contributed by atoms with Crippen molar-refractivity contribution in [3.8, 4) is 5.75 Å². The van der Waals surface area contributed by atoms with E-state index in [4.69, 9.17) is 4.74 Å². The summed E-state index contributed by atoms with van der Waals surface area (Å²) < 4.78 is 7.34. The molecule has 0 radical (unpaired) electrons. The lowest BCUT2D eigenvalue weighted by atomic mass is 10.2. The van der Waals surface area contributed by atoms with Gasteiger partial charge in [-0.3, -0.25) is 4.99 Å². The number of hydrogen-bond donors (Lipinski definition) is 0. The molecule has 0 aliphatic carbocycles. The van der Waals surface area contributed by atoms with Gasteiger partial charge in [-0.05, 0) is 31.5 Å². The van der Waals surface area contributed by atoms with Crippen LogP contribution in [0.15, 0.2) is 35.6 Å². The van der Waals surface area contributed by atoms with E-state index in [1.165, 1.54) is 0 Å². The number of aromatic nitrogens is 2. The van der Waals surface area contributed by atoms with Gasteiger partial charge in [0.15, 0.2) is 0 Å². The van der Waals surface area contributed by atoms with Gasteiger partial charge in [0.2, 0.25) is 0 Å². The van der Waals surface area contributed by atoms with Gasteiger partial charge in [0.25, 0.3) is 0 Å². The van der Waals surface area contributed by atoms with E-state index in [0.717, 1.165) is 22.8 Å². The molecule has 0 saturated carbocycles. The van der Waals surface area contributed by atoms with Crippen LogP contribution in [0.4, 0.5) is 5.69 Å². The highest BCUT2D eigenvalue weighted by Gasteiger charge is 2.00. The van der Waals surface area contributed by atoms with Crippen LogP contribution < -0.4 is 4.74 Å². The van der Waals surface area contributed by atoms with Crippen molar-refractivity contribution in [3.63, 3.8) is 0 Å². The second-order valence-corrected chi connectivity index (χ2v) is 4.11. The van der Waals surface area contributed by atoms with Crippen molar-refractivity contribution in [2.45, 2.75) is 20.4 Å². The van der Waals surface area contributed by atoms with Crippen LogP contribution in [-0.2, 0) is 6.54 Å². The standard InChI is InChI=1S/C14H17N3O/c1-11-4-5-13(14(10-11)18-3)16-7-9-17-8-6-15-12(17)2/h4-8,10H,9H2,1-3H3. The van der Waals surface area contributed by atoms with Crippen LogP contribution in [-0.4, -0.2) is 22.9 Å². The molecule has 0 unspecified atom stereocenters. The average Bonchev–Trinajstić information content (AvgIpc) is 2.77. The lowest BCUT2D eigenvalue weighted by molar-refractivity contribution is 0.416. The Balaban J connectivity index is 2.12. The zero-order valence-electron chi connectivity index (χ0n) is 10.9. The van der Waals surface area contributed by atoms with Crippen molar-refractivity contribution >= 4 is 11.9 Å². The molecule has 0 aliphatic rings. The van der Waals surface area contributed by atoms with E-state index < -0.39 is 0 Å². The fourth-order valence-corrected chi connectivity index (χ4v) is 1.72. The molecule has 1 aromatic heterocycles. The van der Waals surface area contributed by atoms with Crippen molar-refractivity contribution in [2.75, 3.05) is 7.11 Å². The molecule has 1 heterocycles. The largest absolute Gasteiger partial charge is 0.494 e. The predicted molar refractivity (Wildman–Crippen MR) is 72.8 cm³/mol. The number of imidazole rings is 1. The Labute approximate surface area is 107 Å². The van der Waals surface area contributed by atoms with Gasteiger partial charge in [-0.2, -0.15) is 0 Å². The van der Waals surface area contributed by atoms with Gasteiger partial charge in [0.1, 0.15) is 17.3 Å². The SMILES string of the molecule is COc1cc(C)ccc1N=CCn1ccnc1C. The molecule has 94 valence electrons. The fraction of sp³-hybridized carbons (Fsp3) is 0.286. The Hall–Kier alpha value is -2.10. The summed E-state index contributed by atoms with van der Waals surface area (Å²) >= 11 is 0. The number of aryl methyl sites for hydroxylation is 2. The van der Waals surface area contributed by atoms with Crippen molar-refractivity contribution in [3.05, 3.63) is 42.0 Å². The molecule has 0 aliphatic heterocycles. The molecule has 0 saturated heterocycles. The van der Waals surface area contributed by atoms with Crippen molar-refractivity contribution in [1.82, 2.24) is 9.55 Å². The van der Waals surface area contributed by atoms with E-state index in [0.29, 0.717) is 6.54 Å². The Morgan fingerprint density at radius 3 is 2.89 bits per heavy atom. The monoisotopic (exact) mass is 243 g/mol. The zero-order chi connectivity index (χ0) is 13.0. The summed E-state index contributed by atoms with van der Waals surface area (Å²) in [7, 11) is 1.66. The molecule has 0 N–H and O–H groups in total. The summed E-state index contributed by atoms with van der Waals surface area (Å²) in [5, 5.41) is 0. The van der Waals surface area contributed by atoms with E-state index in [9.17, 15) is 0 Å². The van der Waals surface area contributed by atoms with Crippen LogP contribution in [0.3, 0.4) is 0 Å². The first-order chi connectivity index (χ1) is 8.70. The smallest absolute Gasteiger partial charge is 0.144 e. The summed E-state index contributed by atoms with van der Waals surface area (Å²) in [5.41, 5.74) is 2.01. The molecule has 0 bridgehead atoms. The Morgan fingerprint density at radius 1 is 1.39 bits per heavy atom. The van der Waals surface area contributed by atoms with Gasteiger partial charge < -0.3 is 9.30 Å². The van der Waals surface area contributed by atoms with Crippen LogP contribution >= 0.6 is 0 Å². The molecule has 4 heteroatoms. The third-order valence-electron chi connectivity index (χ3n) is 2.77. The van der Waals surface area contributed by atoms with Crippen LogP contribution in [0.25, 0.3) is 0 Å². The summed E-state index contributed by atoms with van der Waals surface area (Å²) in [6, 6.07) is 5.97. The molecule has 2 rings (SSSR count). The summed E-state index contributed by atoms with van der Waals surface area (Å²) in [4.78, 5) is 8.60. The maximum absolute atomic E-state index is 5.30. The van der Waals surface area contributed by atoms with E-state index in [1.54, 1.807) is 13.3 Å². The number of rotatable bonds is 4. The Bertz CT molecular complexity index is 558. The van der Waals surface area contributed by atoms with Gasteiger partial charge in [-0.1, -0.05) is 6.07 Å². The molecule has 1 aromatic carbocycles.